The van der Waals surface area contributed by atoms with E-state index in [1.54, 1.807) is 5.57 Å². The Labute approximate surface area is 81.4 Å². The number of allylic oxidation sites excluding steroid dienone is 1. The molecule has 0 amide bonds. The van der Waals surface area contributed by atoms with E-state index >= 15 is 0 Å². The molecule has 0 aromatic carbocycles. The van der Waals surface area contributed by atoms with E-state index < -0.39 is 0 Å². The Morgan fingerprint density at radius 2 is 2.15 bits per heavy atom. The molecule has 0 unspecified atom stereocenters. The Morgan fingerprint density at radius 1 is 1.46 bits per heavy atom. The minimum absolute atomic E-state index is 0.783. The standard InChI is InChI=1S/C11H21NO/c1-10(4-3-7-12-2)11-5-8-13-9-6-11/h4,11-12H,3,5-9H2,1-2H3. The highest BCUT2D eigenvalue weighted by atomic mass is 16.5. The maximum atomic E-state index is 5.34. The van der Waals surface area contributed by atoms with Crippen LogP contribution in [0.3, 0.4) is 0 Å². The Balaban J connectivity index is 2.27. The predicted octanol–water partition coefficient (Wildman–Crippen LogP) is 1.97. The molecule has 0 radical (unpaired) electrons. The van der Waals surface area contributed by atoms with Gasteiger partial charge in [-0.05, 0) is 45.7 Å². The largest absolute Gasteiger partial charge is 0.381 e. The fourth-order valence-corrected chi connectivity index (χ4v) is 1.76. The summed E-state index contributed by atoms with van der Waals surface area (Å²) < 4.78 is 5.34. The van der Waals surface area contributed by atoms with Crippen molar-refractivity contribution in [3.63, 3.8) is 0 Å². The van der Waals surface area contributed by atoms with E-state index in [-0.39, 0.29) is 0 Å². The van der Waals surface area contributed by atoms with Gasteiger partial charge in [-0.25, -0.2) is 0 Å². The number of rotatable bonds is 4. The van der Waals surface area contributed by atoms with Gasteiger partial charge in [0.1, 0.15) is 0 Å². The van der Waals surface area contributed by atoms with Crippen LogP contribution in [0.15, 0.2) is 11.6 Å². The molecule has 0 bridgehead atoms. The van der Waals surface area contributed by atoms with Crippen molar-refractivity contribution in [2.24, 2.45) is 5.92 Å². The molecule has 0 saturated carbocycles. The van der Waals surface area contributed by atoms with E-state index in [1.807, 2.05) is 7.05 Å². The zero-order valence-electron chi connectivity index (χ0n) is 8.81. The van der Waals surface area contributed by atoms with Crippen LogP contribution in [0, 0.1) is 5.92 Å². The molecule has 1 heterocycles. The van der Waals surface area contributed by atoms with Gasteiger partial charge in [-0.15, -0.1) is 0 Å². The van der Waals surface area contributed by atoms with Crippen molar-refractivity contribution in [3.05, 3.63) is 11.6 Å². The monoisotopic (exact) mass is 183 g/mol. The van der Waals surface area contributed by atoms with Crippen LogP contribution in [-0.4, -0.2) is 26.8 Å². The lowest BCUT2D eigenvalue weighted by atomic mass is 9.92. The third-order valence-electron chi connectivity index (χ3n) is 2.73. The van der Waals surface area contributed by atoms with Gasteiger partial charge < -0.3 is 10.1 Å². The lowest BCUT2D eigenvalue weighted by Crippen LogP contribution is -2.16. The summed E-state index contributed by atoms with van der Waals surface area (Å²) in [6, 6.07) is 0. The summed E-state index contributed by atoms with van der Waals surface area (Å²) >= 11 is 0. The van der Waals surface area contributed by atoms with Crippen LogP contribution in [0.1, 0.15) is 26.2 Å². The minimum atomic E-state index is 0.783. The van der Waals surface area contributed by atoms with E-state index in [2.05, 4.69) is 18.3 Å². The molecular formula is C11H21NO. The van der Waals surface area contributed by atoms with Crippen LogP contribution in [0.5, 0.6) is 0 Å². The summed E-state index contributed by atoms with van der Waals surface area (Å²) in [6.45, 7) is 5.23. The topological polar surface area (TPSA) is 21.3 Å². The fraction of sp³-hybridized carbons (Fsp3) is 0.818. The summed E-state index contributed by atoms with van der Waals surface area (Å²) in [5.74, 6) is 0.783. The lowest BCUT2D eigenvalue weighted by Gasteiger charge is -2.22. The van der Waals surface area contributed by atoms with Gasteiger partial charge in [0, 0.05) is 13.2 Å². The van der Waals surface area contributed by atoms with Gasteiger partial charge in [-0.1, -0.05) is 11.6 Å². The first kappa shape index (κ1) is 10.7. The zero-order valence-corrected chi connectivity index (χ0v) is 8.81. The van der Waals surface area contributed by atoms with Crippen molar-refractivity contribution < 1.29 is 4.74 Å². The average molecular weight is 183 g/mol. The quantitative estimate of drug-likeness (QED) is 0.531. The van der Waals surface area contributed by atoms with Crippen LogP contribution >= 0.6 is 0 Å². The molecule has 1 saturated heterocycles. The van der Waals surface area contributed by atoms with E-state index in [0.717, 1.165) is 32.1 Å². The number of hydrogen-bond donors (Lipinski definition) is 1. The maximum Gasteiger partial charge on any atom is 0.0471 e. The zero-order chi connectivity index (χ0) is 9.52. The molecule has 1 rings (SSSR count). The van der Waals surface area contributed by atoms with Gasteiger partial charge in [0.15, 0.2) is 0 Å². The van der Waals surface area contributed by atoms with Gasteiger partial charge in [0.05, 0.1) is 0 Å². The minimum Gasteiger partial charge on any atom is -0.381 e. The third-order valence-corrected chi connectivity index (χ3v) is 2.73. The van der Waals surface area contributed by atoms with Gasteiger partial charge in [-0.2, -0.15) is 0 Å². The molecular weight excluding hydrogens is 162 g/mol. The van der Waals surface area contributed by atoms with Crippen LogP contribution in [0.2, 0.25) is 0 Å². The maximum absolute atomic E-state index is 5.34. The van der Waals surface area contributed by atoms with E-state index in [1.165, 1.54) is 12.8 Å². The molecule has 1 aliphatic rings. The van der Waals surface area contributed by atoms with Gasteiger partial charge >= 0.3 is 0 Å². The van der Waals surface area contributed by atoms with Crippen molar-refractivity contribution in [2.45, 2.75) is 26.2 Å². The Kier molecular flexibility index (Phi) is 5.09. The lowest BCUT2D eigenvalue weighted by molar-refractivity contribution is 0.0757. The van der Waals surface area contributed by atoms with Gasteiger partial charge in [0.25, 0.3) is 0 Å². The van der Waals surface area contributed by atoms with Crippen molar-refractivity contribution in [2.75, 3.05) is 26.8 Å². The van der Waals surface area contributed by atoms with Gasteiger partial charge in [-0.3, -0.25) is 0 Å². The Hall–Kier alpha value is -0.340. The SMILES string of the molecule is CNCCC=C(C)C1CCOCC1. The Bertz CT molecular complexity index is 159. The molecule has 1 aliphatic heterocycles. The molecule has 0 aromatic rings. The second-order valence-electron chi connectivity index (χ2n) is 3.73. The van der Waals surface area contributed by atoms with E-state index in [4.69, 9.17) is 4.74 Å². The van der Waals surface area contributed by atoms with Crippen molar-refractivity contribution in [1.29, 1.82) is 0 Å². The molecule has 1 N–H and O–H groups in total. The Morgan fingerprint density at radius 3 is 2.77 bits per heavy atom. The summed E-state index contributed by atoms with van der Waals surface area (Å²) in [5, 5.41) is 3.16. The molecule has 13 heavy (non-hydrogen) atoms. The molecule has 0 aromatic heterocycles. The summed E-state index contributed by atoms with van der Waals surface area (Å²) in [7, 11) is 2.00. The normalized spacial score (nSPS) is 20.6. The number of hydrogen-bond acceptors (Lipinski definition) is 2. The van der Waals surface area contributed by atoms with Crippen LogP contribution in [0.4, 0.5) is 0 Å². The fourth-order valence-electron chi connectivity index (χ4n) is 1.76. The van der Waals surface area contributed by atoms with E-state index in [9.17, 15) is 0 Å². The second-order valence-corrected chi connectivity index (χ2v) is 3.73. The molecule has 2 heteroatoms. The second kappa shape index (κ2) is 6.17. The summed E-state index contributed by atoms with van der Waals surface area (Å²) in [5.41, 5.74) is 1.55. The van der Waals surface area contributed by atoms with Crippen molar-refractivity contribution in [3.8, 4) is 0 Å². The molecule has 2 nitrogen and oxygen atoms in total. The average Bonchev–Trinajstić information content (AvgIpc) is 2.19. The number of nitrogens with one attached hydrogen (secondary N) is 1. The summed E-state index contributed by atoms with van der Waals surface area (Å²) in [4.78, 5) is 0. The van der Waals surface area contributed by atoms with Gasteiger partial charge in [0.2, 0.25) is 0 Å². The third kappa shape index (κ3) is 3.92. The van der Waals surface area contributed by atoms with Crippen molar-refractivity contribution >= 4 is 0 Å². The molecule has 0 spiro atoms. The highest BCUT2D eigenvalue weighted by Gasteiger charge is 2.14. The van der Waals surface area contributed by atoms with E-state index in [0.29, 0.717) is 0 Å². The first-order valence-electron chi connectivity index (χ1n) is 5.23. The number of ether oxygens (including phenoxy) is 1. The summed E-state index contributed by atoms with van der Waals surface area (Å²) in [6.07, 6.45) is 5.94. The smallest absolute Gasteiger partial charge is 0.0471 e. The first-order valence-corrected chi connectivity index (χ1v) is 5.23. The van der Waals surface area contributed by atoms with Crippen LogP contribution in [0.25, 0.3) is 0 Å². The van der Waals surface area contributed by atoms with Crippen molar-refractivity contribution in [1.82, 2.24) is 5.32 Å². The predicted molar refractivity (Wildman–Crippen MR) is 55.8 cm³/mol. The van der Waals surface area contributed by atoms with Crippen LogP contribution < -0.4 is 5.32 Å². The van der Waals surface area contributed by atoms with Crippen LogP contribution in [-0.2, 0) is 4.74 Å². The molecule has 76 valence electrons. The molecule has 0 aliphatic carbocycles. The molecule has 1 fully saturated rings. The molecule has 0 atom stereocenters. The first-order chi connectivity index (χ1) is 6.34. The highest BCUT2D eigenvalue weighted by molar-refractivity contribution is 5.04. The highest BCUT2D eigenvalue weighted by Crippen LogP contribution is 2.22.